The van der Waals surface area contributed by atoms with Gasteiger partial charge in [-0.1, -0.05) is 6.07 Å². The van der Waals surface area contributed by atoms with Gasteiger partial charge < -0.3 is 10.1 Å². The molecule has 0 fully saturated rings. The quantitative estimate of drug-likeness (QED) is 0.489. The smallest absolute Gasteiger partial charge is 0.251 e. The van der Waals surface area contributed by atoms with Crippen molar-refractivity contribution < 1.29 is 18.3 Å². The number of aryl methyl sites for hydroxylation is 1. The van der Waals surface area contributed by atoms with Crippen LogP contribution in [0.1, 0.15) is 27.2 Å². The van der Waals surface area contributed by atoms with Crippen molar-refractivity contribution in [2.45, 2.75) is 20.4 Å². The topological polar surface area (TPSA) is 81.9 Å². The van der Waals surface area contributed by atoms with Crippen LogP contribution in [0.3, 0.4) is 0 Å². The van der Waals surface area contributed by atoms with Gasteiger partial charge in [-0.15, -0.1) is 4.80 Å². The number of nitrogens with zero attached hydrogens (tertiary/aromatic N) is 4. The number of rotatable bonds is 6. The standard InChI is InChI=1S/C23H19F2N5O2/c1-14-12-28-30(29-14)22-11-19(6-7-26-22)32-21-5-3-4-20(15(21)2)23(31)27-13-16-8-17(24)10-18(25)9-16/h3-12H,13H2,1-2H3,(H,27,31). The molecule has 0 aliphatic heterocycles. The summed E-state index contributed by atoms with van der Waals surface area (Å²) in [6.07, 6.45) is 3.20. The number of hydrogen-bond acceptors (Lipinski definition) is 5. The van der Waals surface area contributed by atoms with Crippen LogP contribution in [0.15, 0.2) is 60.9 Å². The largest absolute Gasteiger partial charge is 0.457 e. The van der Waals surface area contributed by atoms with Gasteiger partial charge in [0.2, 0.25) is 0 Å². The molecule has 9 heteroatoms. The second-order valence-electron chi connectivity index (χ2n) is 7.12. The molecule has 32 heavy (non-hydrogen) atoms. The number of pyridine rings is 1. The Labute approximate surface area is 182 Å². The zero-order valence-corrected chi connectivity index (χ0v) is 17.3. The van der Waals surface area contributed by atoms with E-state index in [1.165, 1.54) is 16.9 Å². The maximum absolute atomic E-state index is 13.4. The number of hydrogen-bond donors (Lipinski definition) is 1. The SMILES string of the molecule is Cc1cnn(-c2cc(Oc3cccc(C(=O)NCc4cc(F)cc(F)c4)c3C)ccn2)n1. The summed E-state index contributed by atoms with van der Waals surface area (Å²) >= 11 is 0. The van der Waals surface area contributed by atoms with Crippen molar-refractivity contribution in [3.05, 3.63) is 94.9 Å². The fourth-order valence-corrected chi connectivity index (χ4v) is 3.11. The van der Waals surface area contributed by atoms with Crippen molar-refractivity contribution in [2.24, 2.45) is 0 Å². The Morgan fingerprint density at radius 1 is 1.09 bits per heavy atom. The lowest BCUT2D eigenvalue weighted by Crippen LogP contribution is -2.23. The summed E-state index contributed by atoms with van der Waals surface area (Å²) in [6.45, 7) is 3.57. The van der Waals surface area contributed by atoms with Gasteiger partial charge in [0, 0.05) is 36.0 Å². The van der Waals surface area contributed by atoms with E-state index in [-0.39, 0.29) is 12.5 Å². The molecule has 0 aliphatic rings. The fraction of sp³-hybridized carbons (Fsp3) is 0.130. The van der Waals surface area contributed by atoms with E-state index in [0.717, 1.165) is 11.8 Å². The monoisotopic (exact) mass is 435 g/mol. The van der Waals surface area contributed by atoms with E-state index in [0.29, 0.717) is 34.0 Å². The Morgan fingerprint density at radius 2 is 1.88 bits per heavy atom. The first-order valence-electron chi connectivity index (χ1n) is 9.75. The van der Waals surface area contributed by atoms with Crippen molar-refractivity contribution in [2.75, 3.05) is 0 Å². The number of benzene rings is 2. The second-order valence-corrected chi connectivity index (χ2v) is 7.12. The minimum Gasteiger partial charge on any atom is -0.457 e. The van der Waals surface area contributed by atoms with E-state index < -0.39 is 11.6 Å². The lowest BCUT2D eigenvalue weighted by molar-refractivity contribution is 0.0950. The third-order valence-corrected chi connectivity index (χ3v) is 4.66. The molecule has 0 bridgehead atoms. The number of aromatic nitrogens is 4. The van der Waals surface area contributed by atoms with Gasteiger partial charge in [0.25, 0.3) is 5.91 Å². The van der Waals surface area contributed by atoms with Crippen molar-refractivity contribution in [3.63, 3.8) is 0 Å². The molecule has 0 aliphatic carbocycles. The Bertz CT molecular complexity index is 1270. The Balaban J connectivity index is 1.50. The summed E-state index contributed by atoms with van der Waals surface area (Å²) in [4.78, 5) is 18.3. The average Bonchev–Trinajstić information content (AvgIpc) is 3.19. The van der Waals surface area contributed by atoms with E-state index in [1.807, 2.05) is 6.92 Å². The molecule has 162 valence electrons. The molecule has 4 aromatic rings. The van der Waals surface area contributed by atoms with Crippen LogP contribution in [0, 0.1) is 25.5 Å². The van der Waals surface area contributed by atoms with Gasteiger partial charge in [0.05, 0.1) is 11.9 Å². The molecular weight excluding hydrogens is 416 g/mol. The summed E-state index contributed by atoms with van der Waals surface area (Å²) in [5, 5.41) is 11.0. The Kier molecular flexibility index (Phi) is 5.89. The van der Waals surface area contributed by atoms with Gasteiger partial charge >= 0.3 is 0 Å². The minimum absolute atomic E-state index is 0.0119. The molecule has 4 rings (SSSR count). The third kappa shape index (κ3) is 4.77. The summed E-state index contributed by atoms with van der Waals surface area (Å²) < 4.78 is 32.7. The lowest BCUT2D eigenvalue weighted by Gasteiger charge is -2.13. The van der Waals surface area contributed by atoms with E-state index >= 15 is 0 Å². The van der Waals surface area contributed by atoms with Crippen molar-refractivity contribution >= 4 is 5.91 Å². The molecule has 0 atom stereocenters. The molecule has 1 N–H and O–H groups in total. The predicted molar refractivity (Wildman–Crippen MR) is 113 cm³/mol. The maximum Gasteiger partial charge on any atom is 0.251 e. The van der Waals surface area contributed by atoms with E-state index in [1.54, 1.807) is 49.6 Å². The minimum atomic E-state index is -0.696. The summed E-state index contributed by atoms with van der Waals surface area (Å²) in [5.41, 5.74) is 2.08. The van der Waals surface area contributed by atoms with E-state index in [9.17, 15) is 13.6 Å². The number of amides is 1. The molecule has 2 aromatic heterocycles. The molecule has 0 saturated heterocycles. The molecule has 0 saturated carbocycles. The number of nitrogens with one attached hydrogen (secondary N) is 1. The van der Waals surface area contributed by atoms with Crippen molar-refractivity contribution in [1.82, 2.24) is 25.3 Å². The normalized spacial score (nSPS) is 10.8. The predicted octanol–water partition coefficient (Wildman–Crippen LogP) is 4.28. The summed E-state index contributed by atoms with van der Waals surface area (Å²) in [7, 11) is 0. The van der Waals surface area contributed by atoms with Gasteiger partial charge in [0.15, 0.2) is 5.82 Å². The first-order chi connectivity index (χ1) is 15.4. The number of halogens is 2. The van der Waals surface area contributed by atoms with Crippen LogP contribution in [0.4, 0.5) is 8.78 Å². The zero-order chi connectivity index (χ0) is 22.7. The van der Waals surface area contributed by atoms with Crippen molar-refractivity contribution in [1.29, 1.82) is 0 Å². The summed E-state index contributed by atoms with van der Waals surface area (Å²) in [5.74, 6) is -0.304. The van der Waals surface area contributed by atoms with E-state index in [4.69, 9.17) is 4.74 Å². The molecular formula is C23H19F2N5O2. The molecule has 0 unspecified atom stereocenters. The third-order valence-electron chi connectivity index (χ3n) is 4.66. The van der Waals surface area contributed by atoms with Gasteiger partial charge in [-0.2, -0.15) is 10.2 Å². The van der Waals surface area contributed by atoms with Crippen LogP contribution >= 0.6 is 0 Å². The highest BCUT2D eigenvalue weighted by atomic mass is 19.1. The van der Waals surface area contributed by atoms with Gasteiger partial charge in [-0.25, -0.2) is 13.8 Å². The average molecular weight is 435 g/mol. The Morgan fingerprint density at radius 3 is 2.59 bits per heavy atom. The van der Waals surface area contributed by atoms with Crippen LogP contribution in [-0.2, 0) is 6.54 Å². The molecule has 1 amide bonds. The number of carbonyl (C=O) groups is 1. The first-order valence-corrected chi connectivity index (χ1v) is 9.75. The van der Waals surface area contributed by atoms with Gasteiger partial charge in [0.1, 0.15) is 23.1 Å². The molecule has 0 spiro atoms. The van der Waals surface area contributed by atoms with Crippen molar-refractivity contribution in [3.8, 4) is 17.3 Å². The number of ether oxygens (including phenoxy) is 1. The van der Waals surface area contributed by atoms with Crippen LogP contribution in [-0.4, -0.2) is 25.9 Å². The van der Waals surface area contributed by atoms with E-state index in [2.05, 4.69) is 20.5 Å². The van der Waals surface area contributed by atoms with Crippen LogP contribution < -0.4 is 10.1 Å². The summed E-state index contributed by atoms with van der Waals surface area (Å²) in [6, 6.07) is 11.6. The fourth-order valence-electron chi connectivity index (χ4n) is 3.11. The molecule has 2 aromatic carbocycles. The van der Waals surface area contributed by atoms with Gasteiger partial charge in [-0.05, 0) is 49.7 Å². The first kappa shape index (κ1) is 21.1. The second kappa shape index (κ2) is 8.93. The van der Waals surface area contributed by atoms with Crippen LogP contribution in [0.25, 0.3) is 5.82 Å². The highest BCUT2D eigenvalue weighted by Crippen LogP contribution is 2.28. The maximum atomic E-state index is 13.4. The van der Waals surface area contributed by atoms with Gasteiger partial charge in [-0.3, -0.25) is 4.79 Å². The molecule has 2 heterocycles. The van der Waals surface area contributed by atoms with Crippen LogP contribution in [0.5, 0.6) is 11.5 Å². The lowest BCUT2D eigenvalue weighted by atomic mass is 10.1. The Hall–Kier alpha value is -4.14. The zero-order valence-electron chi connectivity index (χ0n) is 17.3. The highest BCUT2D eigenvalue weighted by Gasteiger charge is 2.14. The molecule has 7 nitrogen and oxygen atoms in total. The molecule has 0 radical (unpaired) electrons. The highest BCUT2D eigenvalue weighted by molar-refractivity contribution is 5.96. The van der Waals surface area contributed by atoms with Crippen LogP contribution in [0.2, 0.25) is 0 Å². The number of carbonyl (C=O) groups excluding carboxylic acids is 1.